The van der Waals surface area contributed by atoms with Gasteiger partial charge in [0.05, 0.1) is 23.7 Å². The second kappa shape index (κ2) is 7.62. The molecule has 0 saturated carbocycles. The maximum atomic E-state index is 11.2. The highest BCUT2D eigenvalue weighted by Gasteiger charge is 2.19. The molecule has 1 heterocycles. The van der Waals surface area contributed by atoms with E-state index in [4.69, 9.17) is 14.6 Å². The lowest BCUT2D eigenvalue weighted by Gasteiger charge is -2.16. The van der Waals surface area contributed by atoms with E-state index in [1.54, 1.807) is 24.3 Å². The summed E-state index contributed by atoms with van der Waals surface area (Å²) < 4.78 is 10.8. The van der Waals surface area contributed by atoms with Gasteiger partial charge in [0.2, 0.25) is 0 Å². The fourth-order valence-corrected chi connectivity index (χ4v) is 2.55. The molecule has 0 spiro atoms. The number of hydrogen-bond donors (Lipinski definition) is 2. The second-order valence-electron chi connectivity index (χ2n) is 5.75. The molecule has 0 fully saturated rings. The van der Waals surface area contributed by atoms with Crippen molar-refractivity contribution in [1.82, 2.24) is 9.97 Å². The second-order valence-corrected chi connectivity index (χ2v) is 5.75. The van der Waals surface area contributed by atoms with Gasteiger partial charge in [0.15, 0.2) is 17.6 Å². The lowest BCUT2D eigenvalue weighted by molar-refractivity contribution is -0.144. The van der Waals surface area contributed by atoms with E-state index in [1.165, 1.54) is 14.0 Å². The van der Waals surface area contributed by atoms with Crippen molar-refractivity contribution in [2.24, 2.45) is 0 Å². The molecule has 0 aliphatic carbocycles. The van der Waals surface area contributed by atoms with Crippen LogP contribution in [0.15, 0.2) is 42.5 Å². The fraction of sp³-hybridized carbons (Fsp3) is 0.150. The average molecular weight is 363 g/mol. The van der Waals surface area contributed by atoms with Gasteiger partial charge in [0.1, 0.15) is 11.9 Å². The third-order valence-electron chi connectivity index (χ3n) is 3.94. The summed E-state index contributed by atoms with van der Waals surface area (Å²) in [4.78, 5) is 18.7. The van der Waals surface area contributed by atoms with E-state index in [1.807, 2.05) is 24.3 Å². The standard InChI is InChI=1S/C20H17N3O4/c1-12(20(24)25)27-18-13(6-5-9-17(18)26-2)10-14(11-21)19-22-15-7-3-4-8-16(15)23-19/h3-10,12H,1-2H3,(H,22,23)(H,24,25)/b14-10-/t12-/m1/s1. The van der Waals surface area contributed by atoms with Crippen LogP contribution in [0.4, 0.5) is 0 Å². The molecule has 136 valence electrons. The minimum atomic E-state index is -1.10. The number of benzene rings is 2. The van der Waals surface area contributed by atoms with Crippen LogP contribution in [0.3, 0.4) is 0 Å². The van der Waals surface area contributed by atoms with Gasteiger partial charge in [-0.3, -0.25) is 0 Å². The number of H-pyrrole nitrogens is 1. The van der Waals surface area contributed by atoms with Crippen molar-refractivity contribution in [1.29, 1.82) is 5.26 Å². The number of hydrogen-bond acceptors (Lipinski definition) is 5. The van der Waals surface area contributed by atoms with Crippen LogP contribution in [0.25, 0.3) is 22.7 Å². The topological polar surface area (TPSA) is 108 Å². The zero-order valence-corrected chi connectivity index (χ0v) is 14.8. The summed E-state index contributed by atoms with van der Waals surface area (Å²) in [6.45, 7) is 1.42. The van der Waals surface area contributed by atoms with Gasteiger partial charge in [-0.2, -0.15) is 5.26 Å². The van der Waals surface area contributed by atoms with Crippen LogP contribution in [0.2, 0.25) is 0 Å². The zero-order chi connectivity index (χ0) is 19.4. The smallest absolute Gasteiger partial charge is 0.344 e. The molecular formula is C20H17N3O4. The van der Waals surface area contributed by atoms with E-state index in [9.17, 15) is 10.1 Å². The molecule has 2 N–H and O–H groups in total. The van der Waals surface area contributed by atoms with E-state index >= 15 is 0 Å². The van der Waals surface area contributed by atoms with Gasteiger partial charge in [-0.1, -0.05) is 24.3 Å². The first kappa shape index (κ1) is 18.0. The number of carboxylic acids is 1. The molecule has 0 aliphatic heterocycles. The number of imidazole rings is 1. The Morgan fingerprint density at radius 1 is 1.30 bits per heavy atom. The Morgan fingerprint density at radius 3 is 2.74 bits per heavy atom. The Labute approximate surface area is 155 Å². The fourth-order valence-electron chi connectivity index (χ4n) is 2.55. The Hall–Kier alpha value is -3.79. The molecule has 1 atom stereocenters. The number of aromatic amines is 1. The normalized spacial score (nSPS) is 12.4. The van der Waals surface area contributed by atoms with Gasteiger partial charge in [-0.15, -0.1) is 0 Å². The monoisotopic (exact) mass is 363 g/mol. The molecule has 0 unspecified atom stereocenters. The summed E-state index contributed by atoms with van der Waals surface area (Å²) in [6, 6.07) is 14.7. The van der Waals surface area contributed by atoms with Crippen LogP contribution in [0.1, 0.15) is 18.3 Å². The first-order chi connectivity index (χ1) is 13.0. The summed E-state index contributed by atoms with van der Waals surface area (Å²) in [5.74, 6) is -0.0649. The Kier molecular flexibility index (Phi) is 5.08. The van der Waals surface area contributed by atoms with E-state index < -0.39 is 12.1 Å². The van der Waals surface area contributed by atoms with E-state index in [-0.39, 0.29) is 11.3 Å². The van der Waals surface area contributed by atoms with Gasteiger partial charge < -0.3 is 19.6 Å². The quantitative estimate of drug-likeness (QED) is 0.649. The number of carboxylic acid groups (broad SMARTS) is 1. The molecule has 2 aromatic carbocycles. The molecule has 1 aromatic heterocycles. The summed E-state index contributed by atoms with van der Waals surface area (Å²) in [5.41, 5.74) is 2.36. The number of para-hydroxylation sites is 3. The maximum Gasteiger partial charge on any atom is 0.344 e. The molecule has 3 rings (SSSR count). The molecule has 27 heavy (non-hydrogen) atoms. The molecule has 7 nitrogen and oxygen atoms in total. The van der Waals surface area contributed by atoms with E-state index in [0.29, 0.717) is 17.1 Å². The van der Waals surface area contributed by atoms with Crippen LogP contribution < -0.4 is 9.47 Å². The number of nitriles is 1. The molecule has 7 heteroatoms. The van der Waals surface area contributed by atoms with Crippen molar-refractivity contribution in [2.75, 3.05) is 7.11 Å². The van der Waals surface area contributed by atoms with Gasteiger partial charge in [0, 0.05) is 5.56 Å². The molecule has 0 saturated heterocycles. The molecule has 0 bridgehead atoms. The number of rotatable bonds is 6. The minimum Gasteiger partial charge on any atom is -0.493 e. The van der Waals surface area contributed by atoms with E-state index in [0.717, 1.165) is 11.0 Å². The Balaban J connectivity index is 2.08. The van der Waals surface area contributed by atoms with Crippen molar-refractivity contribution >= 4 is 28.7 Å². The van der Waals surface area contributed by atoms with Crippen molar-refractivity contribution < 1.29 is 19.4 Å². The predicted octanol–water partition coefficient (Wildman–Crippen LogP) is 3.49. The number of nitrogens with zero attached hydrogens (tertiary/aromatic N) is 2. The first-order valence-electron chi connectivity index (χ1n) is 8.17. The van der Waals surface area contributed by atoms with Gasteiger partial charge in [-0.05, 0) is 31.2 Å². The van der Waals surface area contributed by atoms with Gasteiger partial charge >= 0.3 is 5.97 Å². The SMILES string of the molecule is COc1cccc(/C=C(/C#N)c2nc3ccccc3[nH]2)c1O[C@H](C)C(=O)O. The summed E-state index contributed by atoms with van der Waals surface area (Å²) in [7, 11) is 1.46. The highest BCUT2D eigenvalue weighted by atomic mass is 16.5. The van der Waals surface area contributed by atoms with Crippen molar-refractivity contribution in [3.63, 3.8) is 0 Å². The highest BCUT2D eigenvalue weighted by Crippen LogP contribution is 2.34. The van der Waals surface area contributed by atoms with Crippen LogP contribution >= 0.6 is 0 Å². The van der Waals surface area contributed by atoms with Gasteiger partial charge in [-0.25, -0.2) is 9.78 Å². The van der Waals surface area contributed by atoms with Crippen molar-refractivity contribution in [2.45, 2.75) is 13.0 Å². The maximum absolute atomic E-state index is 11.2. The third kappa shape index (κ3) is 3.75. The van der Waals surface area contributed by atoms with E-state index in [2.05, 4.69) is 16.0 Å². The molecule has 0 amide bonds. The minimum absolute atomic E-state index is 0.249. The molecule has 0 radical (unpaired) electrons. The number of ether oxygens (including phenoxy) is 2. The summed E-state index contributed by atoms with van der Waals surface area (Å²) in [6.07, 6.45) is 0.509. The van der Waals surface area contributed by atoms with Crippen LogP contribution in [0, 0.1) is 11.3 Å². The number of nitrogens with one attached hydrogen (secondary N) is 1. The first-order valence-corrected chi connectivity index (χ1v) is 8.17. The average Bonchev–Trinajstić information content (AvgIpc) is 3.10. The van der Waals surface area contributed by atoms with Crippen molar-refractivity contribution in [3.8, 4) is 17.6 Å². The molecule has 0 aliphatic rings. The Morgan fingerprint density at radius 2 is 2.07 bits per heavy atom. The molecule has 3 aromatic rings. The number of carbonyl (C=O) groups is 1. The third-order valence-corrected chi connectivity index (χ3v) is 3.94. The van der Waals surface area contributed by atoms with Crippen LogP contribution in [-0.2, 0) is 4.79 Å². The van der Waals surface area contributed by atoms with Crippen LogP contribution in [0.5, 0.6) is 11.5 Å². The largest absolute Gasteiger partial charge is 0.493 e. The number of aromatic nitrogens is 2. The van der Waals surface area contributed by atoms with Crippen molar-refractivity contribution in [3.05, 3.63) is 53.9 Å². The highest BCUT2D eigenvalue weighted by molar-refractivity contribution is 5.91. The number of aliphatic carboxylic acids is 1. The summed E-state index contributed by atoms with van der Waals surface area (Å²) >= 11 is 0. The molecular weight excluding hydrogens is 346 g/mol. The zero-order valence-electron chi connectivity index (χ0n) is 14.8. The summed E-state index contributed by atoms with van der Waals surface area (Å²) in [5, 5.41) is 18.7. The number of fused-ring (bicyclic) bond motifs is 1. The Bertz CT molecular complexity index is 1030. The lowest BCUT2D eigenvalue weighted by Crippen LogP contribution is -2.23. The van der Waals surface area contributed by atoms with Crippen LogP contribution in [-0.4, -0.2) is 34.3 Å². The van der Waals surface area contributed by atoms with Gasteiger partial charge in [0.25, 0.3) is 0 Å². The predicted molar refractivity (Wildman–Crippen MR) is 100 cm³/mol. The number of methoxy groups -OCH3 is 1. The number of allylic oxidation sites excluding steroid dienone is 1. The lowest BCUT2D eigenvalue weighted by atomic mass is 10.1.